The predicted octanol–water partition coefficient (Wildman–Crippen LogP) is 5.26. The number of halogens is 4. The Hall–Kier alpha value is -0.910. The molecule has 0 bridgehead atoms. The van der Waals surface area contributed by atoms with Crippen LogP contribution in [0.4, 0.5) is 10.1 Å². The number of amides is 1. The van der Waals surface area contributed by atoms with Crippen LogP contribution in [0.5, 0.6) is 0 Å². The van der Waals surface area contributed by atoms with Gasteiger partial charge in [-0.2, -0.15) is 0 Å². The van der Waals surface area contributed by atoms with Gasteiger partial charge in [0.25, 0.3) is 5.91 Å². The Labute approximate surface area is 131 Å². The first kappa shape index (κ1) is 14.5. The average molecular weight is 407 g/mol. The number of hydrogen-bond acceptors (Lipinski definition) is 1. The predicted molar refractivity (Wildman–Crippen MR) is 81.2 cm³/mol. The van der Waals surface area contributed by atoms with Crippen LogP contribution in [0.15, 0.2) is 45.3 Å². The molecule has 19 heavy (non-hydrogen) atoms. The van der Waals surface area contributed by atoms with Crippen molar-refractivity contribution in [3.05, 3.63) is 61.7 Å². The van der Waals surface area contributed by atoms with Gasteiger partial charge in [-0.1, -0.05) is 27.5 Å². The van der Waals surface area contributed by atoms with Gasteiger partial charge in [-0.05, 0) is 52.3 Å². The maximum absolute atomic E-state index is 13.3. The number of rotatable bonds is 2. The summed E-state index contributed by atoms with van der Waals surface area (Å²) in [6, 6.07) is 9.28. The fraction of sp³-hybridized carbons (Fsp3) is 0. The van der Waals surface area contributed by atoms with Crippen LogP contribution in [0.3, 0.4) is 0 Å². The molecule has 98 valence electrons. The lowest BCUT2D eigenvalue weighted by molar-refractivity contribution is 0.102. The molecule has 0 aliphatic rings. The molecule has 0 radical (unpaired) electrons. The molecular weight excluding hydrogens is 400 g/mol. The number of anilines is 1. The van der Waals surface area contributed by atoms with E-state index in [0.717, 1.165) is 4.47 Å². The van der Waals surface area contributed by atoms with Crippen molar-refractivity contribution in [1.82, 2.24) is 0 Å². The molecule has 0 unspecified atom stereocenters. The number of benzene rings is 2. The van der Waals surface area contributed by atoms with Crippen LogP contribution in [-0.2, 0) is 0 Å². The molecule has 1 N–H and O–H groups in total. The van der Waals surface area contributed by atoms with Crippen LogP contribution in [-0.4, -0.2) is 5.91 Å². The van der Waals surface area contributed by atoms with E-state index in [1.165, 1.54) is 12.1 Å². The molecule has 0 aliphatic carbocycles. The van der Waals surface area contributed by atoms with Crippen molar-refractivity contribution in [3.8, 4) is 0 Å². The second-order valence-electron chi connectivity index (χ2n) is 3.71. The largest absolute Gasteiger partial charge is 0.322 e. The van der Waals surface area contributed by atoms with Gasteiger partial charge in [-0.3, -0.25) is 4.79 Å². The van der Waals surface area contributed by atoms with Crippen molar-refractivity contribution in [2.45, 2.75) is 0 Å². The maximum atomic E-state index is 13.3. The summed E-state index contributed by atoms with van der Waals surface area (Å²) in [5, 5.41) is 2.91. The van der Waals surface area contributed by atoms with E-state index in [1.54, 1.807) is 24.3 Å². The third kappa shape index (κ3) is 3.55. The Morgan fingerprint density at radius 3 is 2.53 bits per heavy atom. The number of carbonyl (C=O) groups is 1. The summed E-state index contributed by atoms with van der Waals surface area (Å²) >= 11 is 12.3. The summed E-state index contributed by atoms with van der Waals surface area (Å²) in [6.45, 7) is 0. The van der Waals surface area contributed by atoms with Gasteiger partial charge < -0.3 is 5.32 Å². The zero-order chi connectivity index (χ0) is 14.0. The Bertz CT molecular complexity index is 649. The van der Waals surface area contributed by atoms with Crippen LogP contribution in [0.2, 0.25) is 5.02 Å². The van der Waals surface area contributed by atoms with E-state index in [1.807, 2.05) is 0 Å². The monoisotopic (exact) mass is 405 g/mol. The Morgan fingerprint density at radius 2 is 1.89 bits per heavy atom. The highest BCUT2D eigenvalue weighted by atomic mass is 79.9. The fourth-order valence-corrected chi connectivity index (χ4v) is 2.45. The molecule has 0 atom stereocenters. The van der Waals surface area contributed by atoms with Gasteiger partial charge >= 0.3 is 0 Å². The fourth-order valence-electron chi connectivity index (χ4n) is 1.45. The summed E-state index contributed by atoms with van der Waals surface area (Å²) in [5.74, 6) is -0.834. The van der Waals surface area contributed by atoms with Gasteiger partial charge in [-0.25, -0.2) is 4.39 Å². The van der Waals surface area contributed by atoms with Crippen molar-refractivity contribution in [2.24, 2.45) is 0 Å². The van der Waals surface area contributed by atoms with Gasteiger partial charge in [0, 0.05) is 10.2 Å². The van der Waals surface area contributed by atoms with Crippen LogP contribution in [0.1, 0.15) is 10.4 Å². The normalized spacial score (nSPS) is 10.3. The molecule has 1 amide bonds. The van der Waals surface area contributed by atoms with Crippen LogP contribution in [0.25, 0.3) is 0 Å². The zero-order valence-electron chi connectivity index (χ0n) is 9.38. The molecule has 2 nitrogen and oxygen atoms in total. The topological polar surface area (TPSA) is 29.1 Å². The second kappa shape index (κ2) is 6.03. The molecule has 0 heterocycles. The highest BCUT2D eigenvalue weighted by molar-refractivity contribution is 9.10. The van der Waals surface area contributed by atoms with Gasteiger partial charge in [0.1, 0.15) is 5.82 Å². The van der Waals surface area contributed by atoms with Crippen LogP contribution < -0.4 is 5.32 Å². The summed E-state index contributed by atoms with van der Waals surface area (Å²) < 4.78 is 14.5. The van der Waals surface area contributed by atoms with Gasteiger partial charge in [0.15, 0.2) is 0 Å². The van der Waals surface area contributed by atoms with Crippen molar-refractivity contribution in [1.29, 1.82) is 0 Å². The lowest BCUT2D eigenvalue weighted by Crippen LogP contribution is -2.12. The smallest absolute Gasteiger partial charge is 0.257 e. The van der Waals surface area contributed by atoms with E-state index < -0.39 is 5.82 Å². The molecule has 0 aromatic heterocycles. The third-order valence-corrected chi connectivity index (χ3v) is 3.80. The van der Waals surface area contributed by atoms with E-state index in [0.29, 0.717) is 20.7 Å². The molecule has 0 fully saturated rings. The third-order valence-electron chi connectivity index (χ3n) is 2.35. The second-order valence-corrected chi connectivity index (χ2v) is 5.88. The lowest BCUT2D eigenvalue weighted by Gasteiger charge is -2.07. The molecule has 2 rings (SSSR count). The van der Waals surface area contributed by atoms with E-state index in [-0.39, 0.29) is 5.91 Å². The highest BCUT2D eigenvalue weighted by Crippen LogP contribution is 2.23. The summed E-state index contributed by atoms with van der Waals surface area (Å²) in [5.41, 5.74) is 0.692. The minimum atomic E-state index is -0.445. The van der Waals surface area contributed by atoms with E-state index >= 15 is 0 Å². The quantitative estimate of drug-likeness (QED) is 0.723. The molecule has 6 heteroatoms. The Balaban J connectivity index is 2.23. The molecule has 2 aromatic rings. The highest BCUT2D eigenvalue weighted by Gasteiger charge is 2.11. The van der Waals surface area contributed by atoms with E-state index in [4.69, 9.17) is 11.6 Å². The molecule has 0 aliphatic heterocycles. The van der Waals surface area contributed by atoms with E-state index in [2.05, 4.69) is 37.2 Å². The first-order valence-corrected chi connectivity index (χ1v) is 7.15. The average Bonchev–Trinajstić information content (AvgIpc) is 2.33. The minimum absolute atomic E-state index is 0.324. The van der Waals surface area contributed by atoms with Crippen molar-refractivity contribution in [3.63, 3.8) is 0 Å². The van der Waals surface area contributed by atoms with Gasteiger partial charge in [0.2, 0.25) is 0 Å². The SMILES string of the molecule is O=C(Nc1ccc(Br)c(F)c1)c1ccc(Br)cc1Cl. The van der Waals surface area contributed by atoms with Crippen molar-refractivity contribution >= 4 is 55.1 Å². The Kier molecular flexibility index (Phi) is 4.60. The Morgan fingerprint density at radius 1 is 1.16 bits per heavy atom. The maximum Gasteiger partial charge on any atom is 0.257 e. The zero-order valence-corrected chi connectivity index (χ0v) is 13.3. The molecule has 0 spiro atoms. The first-order chi connectivity index (χ1) is 8.97. The van der Waals surface area contributed by atoms with Crippen molar-refractivity contribution < 1.29 is 9.18 Å². The van der Waals surface area contributed by atoms with E-state index in [9.17, 15) is 9.18 Å². The van der Waals surface area contributed by atoms with Crippen molar-refractivity contribution in [2.75, 3.05) is 5.32 Å². The number of nitrogens with one attached hydrogen (secondary N) is 1. The summed E-state index contributed by atoms with van der Waals surface area (Å²) in [6.07, 6.45) is 0. The molecule has 0 saturated heterocycles. The number of carbonyl (C=O) groups excluding carboxylic acids is 1. The van der Waals surface area contributed by atoms with Gasteiger partial charge in [0.05, 0.1) is 15.1 Å². The standard InChI is InChI=1S/C13H7Br2ClFNO/c14-7-1-3-9(11(16)5-7)13(19)18-8-2-4-10(15)12(17)6-8/h1-6H,(H,18,19). The first-order valence-electron chi connectivity index (χ1n) is 5.19. The molecular formula is C13H7Br2ClFNO. The van der Waals surface area contributed by atoms with Gasteiger partial charge in [-0.15, -0.1) is 0 Å². The van der Waals surface area contributed by atoms with Crippen LogP contribution >= 0.6 is 43.5 Å². The number of hydrogen-bond donors (Lipinski definition) is 1. The molecule has 0 saturated carbocycles. The summed E-state index contributed by atoms with van der Waals surface area (Å²) in [7, 11) is 0. The minimum Gasteiger partial charge on any atom is -0.322 e. The van der Waals surface area contributed by atoms with Crippen LogP contribution in [0, 0.1) is 5.82 Å². The summed E-state index contributed by atoms with van der Waals surface area (Å²) in [4.78, 5) is 12.0. The molecule has 2 aromatic carbocycles. The lowest BCUT2D eigenvalue weighted by atomic mass is 10.2.